The Hall–Kier alpha value is -2.63. The molecule has 0 radical (unpaired) electrons. The van der Waals surface area contributed by atoms with Gasteiger partial charge < -0.3 is 5.11 Å². The van der Waals surface area contributed by atoms with Gasteiger partial charge in [0.15, 0.2) is 27.4 Å². The van der Waals surface area contributed by atoms with Crippen LogP contribution in [0.5, 0.6) is 5.75 Å². The maximum absolute atomic E-state index is 9.28. The fourth-order valence-corrected chi connectivity index (χ4v) is 2.32. The standard InChI is InChI=1S/C12H5ClN6OS/c13-10-8(20)1-2-9(16-10)17-18-12-7-3-6(4-14)5-15-11(7)19-21-12/h1-3,5,20H/b18-17+. The maximum atomic E-state index is 9.28. The number of hydrogen-bond donors (Lipinski definition) is 1. The molecule has 3 aromatic heterocycles. The van der Waals surface area contributed by atoms with Crippen molar-refractivity contribution in [1.29, 1.82) is 5.26 Å². The van der Waals surface area contributed by atoms with E-state index in [4.69, 9.17) is 16.9 Å². The van der Waals surface area contributed by atoms with Crippen molar-refractivity contribution in [2.45, 2.75) is 0 Å². The second-order valence-corrected chi connectivity index (χ2v) is 4.98. The number of nitrogens with zero attached hydrogens (tertiary/aromatic N) is 6. The van der Waals surface area contributed by atoms with E-state index in [-0.39, 0.29) is 16.7 Å². The lowest BCUT2D eigenvalue weighted by Crippen LogP contribution is -1.79. The molecule has 3 rings (SSSR count). The number of halogens is 1. The first kappa shape index (κ1) is 13.4. The van der Waals surface area contributed by atoms with Crippen LogP contribution in [0.3, 0.4) is 0 Å². The Balaban J connectivity index is 1.99. The van der Waals surface area contributed by atoms with Crippen molar-refractivity contribution in [3.8, 4) is 11.8 Å². The van der Waals surface area contributed by atoms with Crippen LogP contribution in [0.1, 0.15) is 5.56 Å². The smallest absolute Gasteiger partial charge is 0.176 e. The zero-order valence-corrected chi connectivity index (χ0v) is 11.8. The van der Waals surface area contributed by atoms with E-state index in [2.05, 4.69) is 24.6 Å². The van der Waals surface area contributed by atoms with E-state index < -0.39 is 0 Å². The highest BCUT2D eigenvalue weighted by Gasteiger charge is 2.08. The maximum Gasteiger partial charge on any atom is 0.176 e. The molecule has 0 atom stereocenters. The molecule has 0 amide bonds. The molecular formula is C12H5ClN6OS. The highest BCUT2D eigenvalue weighted by Crippen LogP contribution is 2.31. The number of aromatic nitrogens is 3. The monoisotopic (exact) mass is 316 g/mol. The van der Waals surface area contributed by atoms with E-state index in [1.54, 1.807) is 6.07 Å². The van der Waals surface area contributed by atoms with Gasteiger partial charge in [-0.2, -0.15) is 9.64 Å². The van der Waals surface area contributed by atoms with Crippen LogP contribution in [0.15, 0.2) is 34.6 Å². The van der Waals surface area contributed by atoms with Gasteiger partial charge >= 0.3 is 0 Å². The van der Waals surface area contributed by atoms with Crippen molar-refractivity contribution in [2.24, 2.45) is 10.2 Å². The van der Waals surface area contributed by atoms with Crippen molar-refractivity contribution in [3.63, 3.8) is 0 Å². The summed E-state index contributed by atoms with van der Waals surface area (Å²) < 4.78 is 4.12. The Morgan fingerprint density at radius 3 is 2.95 bits per heavy atom. The van der Waals surface area contributed by atoms with Crippen LogP contribution >= 0.6 is 23.1 Å². The molecule has 21 heavy (non-hydrogen) atoms. The van der Waals surface area contributed by atoms with Gasteiger partial charge in [0.2, 0.25) is 0 Å². The lowest BCUT2D eigenvalue weighted by atomic mass is 10.2. The quantitative estimate of drug-likeness (QED) is 0.572. The largest absolute Gasteiger partial charge is 0.505 e. The number of nitriles is 1. The molecule has 0 unspecified atom stereocenters. The molecule has 0 aromatic carbocycles. The highest BCUT2D eigenvalue weighted by molar-refractivity contribution is 7.11. The molecule has 0 spiro atoms. The normalized spacial score (nSPS) is 11.0. The van der Waals surface area contributed by atoms with Crippen LogP contribution in [-0.2, 0) is 0 Å². The summed E-state index contributed by atoms with van der Waals surface area (Å²) in [6.07, 6.45) is 1.45. The third kappa shape index (κ3) is 2.65. The zero-order valence-electron chi connectivity index (χ0n) is 10.2. The minimum atomic E-state index is -0.123. The van der Waals surface area contributed by atoms with Gasteiger partial charge in [0.05, 0.1) is 10.9 Å². The number of fused-ring (bicyclic) bond motifs is 1. The molecule has 102 valence electrons. The van der Waals surface area contributed by atoms with E-state index in [1.807, 2.05) is 6.07 Å². The van der Waals surface area contributed by atoms with Crippen molar-refractivity contribution in [2.75, 3.05) is 0 Å². The summed E-state index contributed by atoms with van der Waals surface area (Å²) in [6, 6.07) is 6.52. The predicted molar refractivity (Wildman–Crippen MR) is 77.2 cm³/mol. The molecule has 0 aliphatic carbocycles. The zero-order chi connectivity index (χ0) is 14.8. The summed E-state index contributed by atoms with van der Waals surface area (Å²) in [6.45, 7) is 0. The summed E-state index contributed by atoms with van der Waals surface area (Å²) in [5.41, 5.74) is 0.926. The van der Waals surface area contributed by atoms with Crippen molar-refractivity contribution >= 4 is 45.0 Å². The van der Waals surface area contributed by atoms with Gasteiger partial charge in [-0.05, 0) is 29.7 Å². The third-order valence-corrected chi connectivity index (χ3v) is 3.52. The van der Waals surface area contributed by atoms with Gasteiger partial charge in [-0.1, -0.05) is 11.6 Å². The van der Waals surface area contributed by atoms with Gasteiger partial charge in [-0.25, -0.2) is 9.97 Å². The first-order valence-electron chi connectivity index (χ1n) is 5.60. The van der Waals surface area contributed by atoms with Crippen molar-refractivity contribution < 1.29 is 5.11 Å². The number of pyridine rings is 2. The molecule has 3 aromatic rings. The number of aromatic hydroxyl groups is 1. The van der Waals surface area contributed by atoms with E-state index in [0.29, 0.717) is 21.6 Å². The van der Waals surface area contributed by atoms with Gasteiger partial charge in [0, 0.05) is 6.20 Å². The van der Waals surface area contributed by atoms with Gasteiger partial charge in [0.1, 0.15) is 6.07 Å². The lowest BCUT2D eigenvalue weighted by molar-refractivity contribution is 0.473. The average Bonchev–Trinajstić information content (AvgIpc) is 2.90. The fraction of sp³-hybridized carbons (Fsp3) is 0. The van der Waals surface area contributed by atoms with Crippen LogP contribution in [0.4, 0.5) is 10.8 Å². The van der Waals surface area contributed by atoms with Crippen LogP contribution in [-0.4, -0.2) is 19.4 Å². The molecule has 9 heteroatoms. The van der Waals surface area contributed by atoms with Crippen molar-refractivity contribution in [1.82, 2.24) is 14.3 Å². The van der Waals surface area contributed by atoms with Gasteiger partial charge in [-0.15, -0.1) is 10.2 Å². The van der Waals surface area contributed by atoms with Gasteiger partial charge in [-0.3, -0.25) is 0 Å². The molecule has 0 aliphatic heterocycles. The Kier molecular flexibility index (Phi) is 3.43. The minimum Gasteiger partial charge on any atom is -0.505 e. The van der Waals surface area contributed by atoms with Crippen LogP contribution < -0.4 is 0 Å². The van der Waals surface area contributed by atoms with E-state index in [9.17, 15) is 5.11 Å². The second-order valence-electron chi connectivity index (χ2n) is 3.87. The Morgan fingerprint density at radius 1 is 1.33 bits per heavy atom. The lowest BCUT2D eigenvalue weighted by Gasteiger charge is -1.95. The topological polar surface area (TPSA) is 107 Å². The summed E-state index contributed by atoms with van der Waals surface area (Å²) >= 11 is 6.81. The molecule has 3 heterocycles. The van der Waals surface area contributed by atoms with E-state index in [0.717, 1.165) is 11.5 Å². The molecule has 0 aliphatic rings. The molecule has 7 nitrogen and oxygen atoms in total. The van der Waals surface area contributed by atoms with Gasteiger partial charge in [0.25, 0.3) is 0 Å². The third-order valence-electron chi connectivity index (χ3n) is 2.50. The van der Waals surface area contributed by atoms with Crippen LogP contribution in [0, 0.1) is 11.3 Å². The summed E-state index contributed by atoms with van der Waals surface area (Å²) in [5.74, 6) is 0.130. The molecule has 0 saturated carbocycles. The van der Waals surface area contributed by atoms with E-state index >= 15 is 0 Å². The molecule has 0 bridgehead atoms. The molecule has 0 saturated heterocycles. The first-order valence-corrected chi connectivity index (χ1v) is 6.75. The Bertz CT molecular complexity index is 900. The number of hydrogen-bond acceptors (Lipinski definition) is 8. The van der Waals surface area contributed by atoms with Crippen LogP contribution in [0.2, 0.25) is 5.15 Å². The number of rotatable bonds is 2. The molecule has 0 fully saturated rings. The van der Waals surface area contributed by atoms with Crippen LogP contribution in [0.25, 0.3) is 11.0 Å². The minimum absolute atomic E-state index is 0.0472. The average molecular weight is 317 g/mol. The molecule has 1 N–H and O–H groups in total. The predicted octanol–water partition coefficient (Wildman–Crippen LogP) is 3.73. The fourth-order valence-electron chi connectivity index (χ4n) is 1.53. The van der Waals surface area contributed by atoms with Crippen molar-refractivity contribution in [3.05, 3.63) is 35.1 Å². The Labute approximate surface area is 127 Å². The summed E-state index contributed by atoms with van der Waals surface area (Å²) in [7, 11) is 0. The molecular weight excluding hydrogens is 312 g/mol. The number of azo groups is 1. The second kappa shape index (κ2) is 5.40. The summed E-state index contributed by atoms with van der Waals surface area (Å²) in [4.78, 5) is 7.92. The van der Waals surface area contributed by atoms with E-state index in [1.165, 1.54) is 18.3 Å². The Morgan fingerprint density at radius 2 is 2.19 bits per heavy atom. The summed E-state index contributed by atoms with van der Waals surface area (Å²) in [5, 5.41) is 27.2. The SMILES string of the molecule is N#Cc1cnc2nsc(/N=N/c3ccc(O)c(Cl)n3)c2c1. The first-order chi connectivity index (χ1) is 10.2. The highest BCUT2D eigenvalue weighted by atomic mass is 35.5.